The van der Waals surface area contributed by atoms with Crippen LogP contribution in [0.1, 0.15) is 36.5 Å². The van der Waals surface area contributed by atoms with E-state index in [4.69, 9.17) is 4.74 Å². The molecule has 0 aromatic heterocycles. The smallest absolute Gasteiger partial charge is 0.119 e. The SMILES string of the molecule is CCCOc1ccc(C2(O)CCc3ccccc32)cc1. The van der Waals surface area contributed by atoms with E-state index in [9.17, 15) is 5.11 Å². The van der Waals surface area contributed by atoms with Crippen molar-refractivity contribution in [3.8, 4) is 5.75 Å². The van der Waals surface area contributed by atoms with Gasteiger partial charge in [0.15, 0.2) is 0 Å². The molecule has 0 saturated heterocycles. The maximum atomic E-state index is 11.0. The Morgan fingerprint density at radius 1 is 1.10 bits per heavy atom. The van der Waals surface area contributed by atoms with Gasteiger partial charge in [0, 0.05) is 0 Å². The van der Waals surface area contributed by atoms with Crippen LogP contribution in [0.4, 0.5) is 0 Å². The fraction of sp³-hybridized carbons (Fsp3) is 0.333. The van der Waals surface area contributed by atoms with Crippen LogP contribution in [0, 0.1) is 0 Å². The van der Waals surface area contributed by atoms with Gasteiger partial charge in [-0.25, -0.2) is 0 Å². The summed E-state index contributed by atoms with van der Waals surface area (Å²) in [5, 5.41) is 11.0. The standard InChI is InChI=1S/C18H20O2/c1-2-13-20-16-9-7-15(8-10-16)18(19)12-11-14-5-3-4-6-17(14)18/h3-10,19H,2,11-13H2,1H3. The van der Waals surface area contributed by atoms with Gasteiger partial charge in [0.2, 0.25) is 0 Å². The molecule has 0 radical (unpaired) electrons. The van der Waals surface area contributed by atoms with Crippen LogP contribution >= 0.6 is 0 Å². The Morgan fingerprint density at radius 3 is 2.60 bits per heavy atom. The van der Waals surface area contributed by atoms with Gasteiger partial charge in [-0.1, -0.05) is 43.3 Å². The Hall–Kier alpha value is -1.80. The average molecular weight is 268 g/mol. The highest BCUT2D eigenvalue weighted by molar-refractivity contribution is 5.46. The molecule has 1 aliphatic carbocycles. The van der Waals surface area contributed by atoms with Gasteiger partial charge in [0.05, 0.1) is 6.61 Å². The Kier molecular flexibility index (Phi) is 3.49. The summed E-state index contributed by atoms with van der Waals surface area (Å²) in [6.45, 7) is 2.82. The lowest BCUT2D eigenvalue weighted by Crippen LogP contribution is -2.23. The monoisotopic (exact) mass is 268 g/mol. The van der Waals surface area contributed by atoms with Crippen molar-refractivity contribution in [3.05, 3.63) is 65.2 Å². The molecule has 0 heterocycles. The summed E-state index contributed by atoms with van der Waals surface area (Å²) in [6, 6.07) is 16.0. The van der Waals surface area contributed by atoms with Crippen molar-refractivity contribution in [2.75, 3.05) is 6.61 Å². The number of fused-ring (bicyclic) bond motifs is 1. The number of benzene rings is 2. The molecule has 1 aliphatic rings. The Labute approximate surface area is 120 Å². The van der Waals surface area contributed by atoms with Crippen molar-refractivity contribution in [1.82, 2.24) is 0 Å². The number of hydrogen-bond acceptors (Lipinski definition) is 2. The van der Waals surface area contributed by atoms with E-state index >= 15 is 0 Å². The Morgan fingerprint density at radius 2 is 1.85 bits per heavy atom. The first-order chi connectivity index (χ1) is 9.74. The molecule has 0 saturated carbocycles. The fourth-order valence-corrected chi connectivity index (χ4v) is 2.94. The van der Waals surface area contributed by atoms with E-state index < -0.39 is 5.60 Å². The molecular formula is C18H20O2. The first kappa shape index (κ1) is 13.2. The van der Waals surface area contributed by atoms with Gasteiger partial charge in [-0.15, -0.1) is 0 Å². The molecule has 3 rings (SSSR count). The van der Waals surface area contributed by atoms with Crippen LogP contribution in [-0.2, 0) is 12.0 Å². The molecule has 0 bridgehead atoms. The van der Waals surface area contributed by atoms with Gasteiger partial charge < -0.3 is 9.84 Å². The Bertz CT molecular complexity index is 589. The second-order valence-electron chi connectivity index (χ2n) is 5.39. The van der Waals surface area contributed by atoms with E-state index in [0.29, 0.717) is 0 Å². The van der Waals surface area contributed by atoms with Crippen LogP contribution in [0.3, 0.4) is 0 Å². The summed E-state index contributed by atoms with van der Waals surface area (Å²) in [6.07, 6.45) is 2.68. The number of rotatable bonds is 4. The van der Waals surface area contributed by atoms with Crippen molar-refractivity contribution >= 4 is 0 Å². The predicted octanol–water partition coefficient (Wildman–Crippen LogP) is 3.66. The fourth-order valence-electron chi connectivity index (χ4n) is 2.94. The molecular weight excluding hydrogens is 248 g/mol. The van der Waals surface area contributed by atoms with Crippen molar-refractivity contribution in [2.45, 2.75) is 31.8 Å². The van der Waals surface area contributed by atoms with Gasteiger partial charge in [0.1, 0.15) is 11.4 Å². The summed E-state index contributed by atoms with van der Waals surface area (Å²) in [7, 11) is 0. The third kappa shape index (κ3) is 2.20. The van der Waals surface area contributed by atoms with Crippen LogP contribution in [-0.4, -0.2) is 11.7 Å². The maximum Gasteiger partial charge on any atom is 0.119 e. The van der Waals surface area contributed by atoms with E-state index in [1.807, 2.05) is 42.5 Å². The third-order valence-electron chi connectivity index (χ3n) is 4.02. The summed E-state index contributed by atoms with van der Waals surface area (Å²) >= 11 is 0. The second-order valence-corrected chi connectivity index (χ2v) is 5.39. The van der Waals surface area contributed by atoms with Crippen LogP contribution in [0.2, 0.25) is 0 Å². The molecule has 0 spiro atoms. The highest BCUT2D eigenvalue weighted by Gasteiger charge is 2.37. The van der Waals surface area contributed by atoms with Crippen molar-refractivity contribution in [3.63, 3.8) is 0 Å². The lowest BCUT2D eigenvalue weighted by atomic mass is 9.88. The summed E-state index contributed by atoms with van der Waals surface area (Å²) < 4.78 is 5.59. The molecule has 20 heavy (non-hydrogen) atoms. The molecule has 2 heteroatoms. The maximum absolute atomic E-state index is 11.0. The summed E-state index contributed by atoms with van der Waals surface area (Å²) in [5.41, 5.74) is 2.40. The molecule has 2 nitrogen and oxygen atoms in total. The van der Waals surface area contributed by atoms with Crippen LogP contribution in [0.15, 0.2) is 48.5 Å². The van der Waals surface area contributed by atoms with Crippen molar-refractivity contribution < 1.29 is 9.84 Å². The lowest BCUT2D eigenvalue weighted by molar-refractivity contribution is 0.0829. The molecule has 0 aliphatic heterocycles. The molecule has 1 atom stereocenters. The topological polar surface area (TPSA) is 29.5 Å². The van der Waals surface area contributed by atoms with Gasteiger partial charge in [-0.05, 0) is 48.1 Å². The highest BCUT2D eigenvalue weighted by atomic mass is 16.5. The zero-order valence-electron chi connectivity index (χ0n) is 11.8. The average Bonchev–Trinajstić information content (AvgIpc) is 2.85. The zero-order chi connectivity index (χ0) is 14.0. The highest BCUT2D eigenvalue weighted by Crippen LogP contribution is 2.42. The van der Waals surface area contributed by atoms with E-state index in [1.165, 1.54) is 5.56 Å². The summed E-state index contributed by atoms with van der Waals surface area (Å²) in [5.74, 6) is 0.866. The second kappa shape index (κ2) is 5.29. The first-order valence-electron chi connectivity index (χ1n) is 7.28. The lowest BCUT2D eigenvalue weighted by Gasteiger charge is -2.25. The van der Waals surface area contributed by atoms with Crippen LogP contribution < -0.4 is 4.74 Å². The minimum atomic E-state index is -0.847. The predicted molar refractivity (Wildman–Crippen MR) is 80.0 cm³/mol. The van der Waals surface area contributed by atoms with Gasteiger partial charge in [-0.2, -0.15) is 0 Å². The molecule has 2 aromatic carbocycles. The van der Waals surface area contributed by atoms with Gasteiger partial charge in [-0.3, -0.25) is 0 Å². The third-order valence-corrected chi connectivity index (χ3v) is 4.02. The van der Waals surface area contributed by atoms with Crippen LogP contribution in [0.25, 0.3) is 0 Å². The number of hydrogen-bond donors (Lipinski definition) is 1. The molecule has 1 unspecified atom stereocenters. The normalized spacial score (nSPS) is 20.7. The Balaban J connectivity index is 1.89. The molecule has 104 valence electrons. The summed E-state index contributed by atoms with van der Waals surface area (Å²) in [4.78, 5) is 0. The molecule has 1 N–H and O–H groups in total. The minimum absolute atomic E-state index is 0.729. The number of aliphatic hydroxyl groups is 1. The molecule has 2 aromatic rings. The van der Waals surface area contributed by atoms with Gasteiger partial charge >= 0.3 is 0 Å². The number of ether oxygens (including phenoxy) is 1. The van der Waals surface area contributed by atoms with Crippen molar-refractivity contribution in [1.29, 1.82) is 0 Å². The van der Waals surface area contributed by atoms with Gasteiger partial charge in [0.25, 0.3) is 0 Å². The van der Waals surface area contributed by atoms with Crippen molar-refractivity contribution in [2.24, 2.45) is 0 Å². The van der Waals surface area contributed by atoms with E-state index in [1.54, 1.807) is 0 Å². The number of aryl methyl sites for hydroxylation is 1. The van der Waals surface area contributed by atoms with Crippen LogP contribution in [0.5, 0.6) is 5.75 Å². The molecule has 0 amide bonds. The van der Waals surface area contributed by atoms with E-state index in [0.717, 1.165) is 42.7 Å². The largest absolute Gasteiger partial charge is 0.494 e. The zero-order valence-corrected chi connectivity index (χ0v) is 11.8. The van der Waals surface area contributed by atoms with E-state index in [-0.39, 0.29) is 0 Å². The minimum Gasteiger partial charge on any atom is -0.494 e. The quantitative estimate of drug-likeness (QED) is 0.917. The molecule has 0 fully saturated rings. The first-order valence-corrected chi connectivity index (χ1v) is 7.28. The van der Waals surface area contributed by atoms with E-state index in [2.05, 4.69) is 13.0 Å².